The Labute approximate surface area is 170 Å². The molecule has 0 saturated carbocycles. The number of nitrogens with zero attached hydrogens (tertiary/aromatic N) is 1. The number of halogens is 1. The standard InChI is InChI=1S/C24H26BrNO/c25-17-24(27)23(16-20-10-4-1-5-11-20)26(18-21-12-6-2-7-13-21)19-22-14-8-3-9-15-22/h1-15,23-24,27H,16-19H2/t23-,24+/m0/s1. The summed E-state index contributed by atoms with van der Waals surface area (Å²) in [5.41, 5.74) is 3.76. The van der Waals surface area contributed by atoms with Gasteiger partial charge in [-0.25, -0.2) is 0 Å². The molecular formula is C24H26BrNO. The predicted octanol–water partition coefficient (Wildman–Crippen LogP) is 5.06. The van der Waals surface area contributed by atoms with Crippen LogP contribution < -0.4 is 0 Å². The number of hydrogen-bond donors (Lipinski definition) is 1. The van der Waals surface area contributed by atoms with Gasteiger partial charge in [0.1, 0.15) is 0 Å². The fraction of sp³-hybridized carbons (Fsp3) is 0.250. The molecule has 2 atom stereocenters. The lowest BCUT2D eigenvalue weighted by molar-refractivity contribution is 0.0541. The molecule has 0 heterocycles. The van der Waals surface area contributed by atoms with E-state index in [1.54, 1.807) is 0 Å². The van der Waals surface area contributed by atoms with Gasteiger partial charge in [-0.1, -0.05) is 107 Å². The maximum absolute atomic E-state index is 10.8. The van der Waals surface area contributed by atoms with Crippen LogP contribution in [0.2, 0.25) is 0 Å². The third kappa shape index (κ3) is 6.03. The molecule has 0 saturated heterocycles. The van der Waals surface area contributed by atoms with E-state index in [4.69, 9.17) is 0 Å². The van der Waals surface area contributed by atoms with Crippen LogP contribution >= 0.6 is 15.9 Å². The number of rotatable bonds is 9. The van der Waals surface area contributed by atoms with E-state index in [1.165, 1.54) is 16.7 Å². The highest BCUT2D eigenvalue weighted by Crippen LogP contribution is 2.20. The molecule has 3 rings (SSSR count). The summed E-state index contributed by atoms with van der Waals surface area (Å²) in [7, 11) is 0. The van der Waals surface area contributed by atoms with E-state index in [0.717, 1.165) is 19.5 Å². The van der Waals surface area contributed by atoms with Crippen LogP contribution in [0.15, 0.2) is 91.0 Å². The minimum Gasteiger partial charge on any atom is -0.391 e. The van der Waals surface area contributed by atoms with E-state index in [0.29, 0.717) is 5.33 Å². The van der Waals surface area contributed by atoms with Crippen LogP contribution in [0.1, 0.15) is 16.7 Å². The van der Waals surface area contributed by atoms with E-state index in [1.807, 2.05) is 18.2 Å². The molecule has 0 bridgehead atoms. The molecule has 0 radical (unpaired) electrons. The predicted molar refractivity (Wildman–Crippen MR) is 116 cm³/mol. The number of aliphatic hydroxyl groups is 1. The Morgan fingerprint density at radius 3 is 1.48 bits per heavy atom. The average Bonchev–Trinajstić information content (AvgIpc) is 2.73. The van der Waals surface area contributed by atoms with Crippen molar-refractivity contribution < 1.29 is 5.11 Å². The number of benzene rings is 3. The van der Waals surface area contributed by atoms with E-state index in [9.17, 15) is 5.11 Å². The van der Waals surface area contributed by atoms with Gasteiger partial charge in [0, 0.05) is 24.5 Å². The van der Waals surface area contributed by atoms with Gasteiger partial charge in [0.25, 0.3) is 0 Å². The summed E-state index contributed by atoms with van der Waals surface area (Å²) in [5, 5.41) is 11.4. The van der Waals surface area contributed by atoms with Crippen molar-refractivity contribution in [2.45, 2.75) is 31.7 Å². The van der Waals surface area contributed by atoms with Gasteiger partial charge >= 0.3 is 0 Å². The first-order chi connectivity index (χ1) is 13.3. The molecule has 140 valence electrons. The zero-order valence-electron chi connectivity index (χ0n) is 15.4. The second kappa shape index (κ2) is 10.4. The first-order valence-corrected chi connectivity index (χ1v) is 10.5. The average molecular weight is 424 g/mol. The first-order valence-electron chi connectivity index (χ1n) is 9.36. The monoisotopic (exact) mass is 423 g/mol. The normalized spacial score (nSPS) is 13.4. The minimum atomic E-state index is -0.447. The van der Waals surface area contributed by atoms with Crippen molar-refractivity contribution in [3.8, 4) is 0 Å². The summed E-state index contributed by atoms with van der Waals surface area (Å²) < 4.78 is 0. The fourth-order valence-corrected chi connectivity index (χ4v) is 3.82. The summed E-state index contributed by atoms with van der Waals surface area (Å²) in [6, 6.07) is 31.4. The number of hydrogen-bond acceptors (Lipinski definition) is 2. The largest absolute Gasteiger partial charge is 0.391 e. The highest BCUT2D eigenvalue weighted by molar-refractivity contribution is 9.09. The summed E-state index contributed by atoms with van der Waals surface area (Å²) in [5.74, 6) is 0. The molecule has 0 aromatic heterocycles. The lowest BCUT2D eigenvalue weighted by Gasteiger charge is -2.35. The van der Waals surface area contributed by atoms with Crippen LogP contribution in [0.3, 0.4) is 0 Å². The summed E-state index contributed by atoms with van der Waals surface area (Å²) in [4.78, 5) is 2.39. The molecular weight excluding hydrogens is 398 g/mol. The summed E-state index contributed by atoms with van der Waals surface area (Å²) >= 11 is 3.49. The van der Waals surface area contributed by atoms with Crippen LogP contribution in [-0.2, 0) is 19.5 Å². The molecule has 1 N–H and O–H groups in total. The quantitative estimate of drug-likeness (QED) is 0.486. The van der Waals surface area contributed by atoms with E-state index >= 15 is 0 Å². The van der Waals surface area contributed by atoms with Gasteiger partial charge in [-0.15, -0.1) is 0 Å². The van der Waals surface area contributed by atoms with Gasteiger partial charge in [-0.05, 0) is 23.1 Å². The Kier molecular flexibility index (Phi) is 7.64. The maximum Gasteiger partial charge on any atom is 0.0795 e. The van der Waals surface area contributed by atoms with Gasteiger partial charge in [-0.2, -0.15) is 0 Å². The van der Waals surface area contributed by atoms with Crippen molar-refractivity contribution in [2.24, 2.45) is 0 Å². The van der Waals surface area contributed by atoms with E-state index in [2.05, 4.69) is 93.6 Å². The smallest absolute Gasteiger partial charge is 0.0795 e. The van der Waals surface area contributed by atoms with Gasteiger partial charge in [0.05, 0.1) is 6.10 Å². The third-order valence-electron chi connectivity index (χ3n) is 4.82. The van der Waals surface area contributed by atoms with Crippen LogP contribution in [0.4, 0.5) is 0 Å². The molecule has 3 heteroatoms. The Balaban J connectivity index is 1.88. The van der Waals surface area contributed by atoms with Gasteiger partial charge in [0.15, 0.2) is 0 Å². The Morgan fingerprint density at radius 2 is 1.07 bits per heavy atom. The lowest BCUT2D eigenvalue weighted by Crippen LogP contribution is -2.45. The van der Waals surface area contributed by atoms with Gasteiger partial charge in [0.2, 0.25) is 0 Å². The van der Waals surface area contributed by atoms with Crippen molar-refractivity contribution in [1.82, 2.24) is 4.90 Å². The second-order valence-corrected chi connectivity index (χ2v) is 7.50. The van der Waals surface area contributed by atoms with Crippen molar-refractivity contribution >= 4 is 15.9 Å². The number of alkyl halides is 1. The molecule has 0 unspecified atom stereocenters. The Morgan fingerprint density at radius 1 is 0.667 bits per heavy atom. The Bertz CT molecular complexity index is 738. The van der Waals surface area contributed by atoms with Gasteiger partial charge in [-0.3, -0.25) is 4.90 Å². The maximum atomic E-state index is 10.8. The van der Waals surface area contributed by atoms with Crippen molar-refractivity contribution in [3.63, 3.8) is 0 Å². The topological polar surface area (TPSA) is 23.5 Å². The van der Waals surface area contributed by atoms with E-state index in [-0.39, 0.29) is 6.04 Å². The molecule has 0 aliphatic carbocycles. The Hall–Kier alpha value is -1.94. The van der Waals surface area contributed by atoms with Crippen molar-refractivity contribution in [1.29, 1.82) is 0 Å². The van der Waals surface area contributed by atoms with E-state index < -0.39 is 6.10 Å². The summed E-state index contributed by atoms with van der Waals surface area (Å²) in [6.07, 6.45) is 0.366. The molecule has 2 nitrogen and oxygen atoms in total. The second-order valence-electron chi connectivity index (χ2n) is 6.85. The van der Waals surface area contributed by atoms with Gasteiger partial charge < -0.3 is 5.11 Å². The number of aliphatic hydroxyl groups excluding tert-OH is 1. The molecule has 0 amide bonds. The minimum absolute atomic E-state index is 0.0205. The van der Waals surface area contributed by atoms with Crippen molar-refractivity contribution in [2.75, 3.05) is 5.33 Å². The molecule has 0 aliphatic rings. The molecule has 3 aromatic carbocycles. The SMILES string of the molecule is O[C@H](CBr)[C@H](Cc1ccccc1)N(Cc1ccccc1)Cc1ccccc1. The molecule has 0 fully saturated rings. The molecule has 0 spiro atoms. The fourth-order valence-electron chi connectivity index (χ4n) is 3.39. The van der Waals surface area contributed by atoms with Crippen LogP contribution in [-0.4, -0.2) is 27.5 Å². The highest BCUT2D eigenvalue weighted by Gasteiger charge is 2.26. The first kappa shape index (κ1) is 19.8. The third-order valence-corrected chi connectivity index (χ3v) is 5.48. The van der Waals surface area contributed by atoms with Crippen LogP contribution in [0, 0.1) is 0 Å². The zero-order chi connectivity index (χ0) is 18.9. The molecule has 27 heavy (non-hydrogen) atoms. The molecule has 0 aliphatic heterocycles. The highest BCUT2D eigenvalue weighted by atomic mass is 79.9. The van der Waals surface area contributed by atoms with Crippen molar-refractivity contribution in [3.05, 3.63) is 108 Å². The summed E-state index contributed by atoms with van der Waals surface area (Å²) in [6.45, 7) is 1.61. The lowest BCUT2D eigenvalue weighted by atomic mass is 9.99. The van der Waals surface area contributed by atoms with Crippen LogP contribution in [0.5, 0.6) is 0 Å². The zero-order valence-corrected chi connectivity index (χ0v) is 17.0. The molecule has 3 aromatic rings. The van der Waals surface area contributed by atoms with Crippen LogP contribution in [0.25, 0.3) is 0 Å².